The van der Waals surface area contributed by atoms with E-state index in [0.29, 0.717) is 30.2 Å². The van der Waals surface area contributed by atoms with Gasteiger partial charge in [0.2, 0.25) is 5.91 Å². The topological polar surface area (TPSA) is 93.2 Å². The molecule has 0 radical (unpaired) electrons. The Morgan fingerprint density at radius 3 is 2.71 bits per heavy atom. The van der Waals surface area contributed by atoms with Crippen LogP contribution in [0.5, 0.6) is 5.75 Å². The van der Waals surface area contributed by atoms with Gasteiger partial charge in [-0.25, -0.2) is 0 Å². The summed E-state index contributed by atoms with van der Waals surface area (Å²) in [4.78, 5) is 33.7. The maximum Gasteiger partial charge on any atom is 0.257 e. The Kier molecular flexibility index (Phi) is 9.59. The molecule has 1 aromatic carbocycles. The highest BCUT2D eigenvalue weighted by molar-refractivity contribution is 5.99. The molecule has 1 aliphatic heterocycles. The number of nitrogens with zero attached hydrogens (tertiary/aromatic N) is 3. The molecule has 0 saturated carbocycles. The van der Waals surface area contributed by atoms with Gasteiger partial charge in [0.1, 0.15) is 19.0 Å². The number of amides is 2. The zero-order valence-electron chi connectivity index (χ0n) is 21.2. The second kappa shape index (κ2) is 12.6. The lowest BCUT2D eigenvalue weighted by atomic mass is 10.0. The van der Waals surface area contributed by atoms with Gasteiger partial charge >= 0.3 is 0 Å². The molecule has 1 aromatic heterocycles. The number of benzene rings is 1. The average molecular weight is 485 g/mol. The lowest BCUT2D eigenvalue weighted by Crippen LogP contribution is -2.46. The molecule has 0 fully saturated rings. The Morgan fingerprint density at radius 2 is 2.03 bits per heavy atom. The van der Waals surface area contributed by atoms with Gasteiger partial charge < -0.3 is 24.4 Å². The number of hydrogen-bond donors (Lipinski definition) is 1. The molecule has 9 nitrogen and oxygen atoms in total. The van der Waals surface area contributed by atoms with Crippen molar-refractivity contribution in [2.24, 2.45) is 5.92 Å². The fraction of sp³-hybridized carbons (Fsp3) is 0.500. The zero-order valence-corrected chi connectivity index (χ0v) is 21.2. The lowest BCUT2D eigenvalue weighted by molar-refractivity contribution is -0.119. The number of carbonyl (C=O) groups excluding carboxylic acids is 2. The first-order chi connectivity index (χ1) is 16.8. The normalized spacial score (nSPS) is 21.9. The van der Waals surface area contributed by atoms with Gasteiger partial charge in [-0.1, -0.05) is 13.0 Å². The van der Waals surface area contributed by atoms with Gasteiger partial charge in [-0.05, 0) is 42.7 Å². The van der Waals surface area contributed by atoms with E-state index in [1.165, 1.54) is 7.11 Å². The van der Waals surface area contributed by atoms with Crippen LogP contribution in [0.4, 0.5) is 5.69 Å². The predicted octanol–water partition coefficient (Wildman–Crippen LogP) is 2.67. The molecule has 2 heterocycles. The van der Waals surface area contributed by atoms with E-state index >= 15 is 0 Å². The van der Waals surface area contributed by atoms with E-state index in [-0.39, 0.29) is 36.5 Å². The van der Waals surface area contributed by atoms with E-state index in [9.17, 15) is 9.59 Å². The van der Waals surface area contributed by atoms with Gasteiger partial charge in [0.25, 0.3) is 5.91 Å². The van der Waals surface area contributed by atoms with Crippen LogP contribution < -0.4 is 10.1 Å². The Labute approximate surface area is 207 Å². The van der Waals surface area contributed by atoms with Crippen LogP contribution in [0.15, 0.2) is 42.7 Å². The molecule has 9 heteroatoms. The number of likely N-dealkylation sites (N-methyl/N-ethyl adjacent to an activating group) is 1. The van der Waals surface area contributed by atoms with Crippen molar-refractivity contribution >= 4 is 17.5 Å². The fourth-order valence-electron chi connectivity index (χ4n) is 4.20. The number of ether oxygens (including phenoxy) is 3. The summed E-state index contributed by atoms with van der Waals surface area (Å²) in [5.41, 5.74) is 2.01. The van der Waals surface area contributed by atoms with Crippen molar-refractivity contribution in [2.75, 3.05) is 52.9 Å². The maximum absolute atomic E-state index is 13.4. The number of hydrogen-bond acceptors (Lipinski definition) is 7. The van der Waals surface area contributed by atoms with Crippen LogP contribution in [0.25, 0.3) is 0 Å². The Hall–Kier alpha value is -3.01. The molecule has 190 valence electrons. The first kappa shape index (κ1) is 26.6. The first-order valence-electron chi connectivity index (χ1n) is 11.8. The Bertz CT molecular complexity index is 987. The van der Waals surface area contributed by atoms with Gasteiger partial charge in [-0.2, -0.15) is 0 Å². The standard InChI is InChI=1S/C26H36N4O5/c1-18-13-30(14-20-7-6-10-27-12-20)19(2)16-35-23-9-8-21(28-25(31)17-33-4)11-22(23)26(32)29(3)15-24(18)34-5/h6-12,18-19,24H,13-17H2,1-5H3,(H,28,31)/t18-,19+,24+/m1/s1. The smallest absolute Gasteiger partial charge is 0.257 e. The third-order valence-electron chi connectivity index (χ3n) is 6.24. The van der Waals surface area contributed by atoms with Crippen molar-refractivity contribution < 1.29 is 23.8 Å². The van der Waals surface area contributed by atoms with Crippen LogP contribution in [0.3, 0.4) is 0 Å². The highest BCUT2D eigenvalue weighted by Gasteiger charge is 2.28. The van der Waals surface area contributed by atoms with E-state index in [1.807, 2.05) is 12.3 Å². The molecular formula is C26H36N4O5. The summed E-state index contributed by atoms with van der Waals surface area (Å²) < 4.78 is 16.9. The highest BCUT2D eigenvalue weighted by atomic mass is 16.5. The quantitative estimate of drug-likeness (QED) is 0.674. The lowest BCUT2D eigenvalue weighted by Gasteiger charge is -2.36. The maximum atomic E-state index is 13.4. The Balaban J connectivity index is 1.92. The van der Waals surface area contributed by atoms with Crippen LogP contribution in [-0.4, -0.2) is 86.3 Å². The van der Waals surface area contributed by atoms with Crippen molar-refractivity contribution in [3.8, 4) is 5.75 Å². The third kappa shape index (κ3) is 7.24. The van der Waals surface area contributed by atoms with Gasteiger partial charge in [0.15, 0.2) is 0 Å². The number of rotatable bonds is 6. The van der Waals surface area contributed by atoms with E-state index in [2.05, 4.69) is 35.1 Å². The molecule has 35 heavy (non-hydrogen) atoms. The number of aromatic nitrogens is 1. The van der Waals surface area contributed by atoms with Crippen LogP contribution in [0.1, 0.15) is 29.8 Å². The summed E-state index contributed by atoms with van der Waals surface area (Å²) in [5.74, 6) is 0.142. The van der Waals surface area contributed by atoms with Crippen LogP contribution in [0, 0.1) is 5.92 Å². The number of nitrogens with one attached hydrogen (secondary N) is 1. The van der Waals surface area contributed by atoms with E-state index in [1.54, 1.807) is 43.5 Å². The molecule has 0 aliphatic carbocycles. The van der Waals surface area contributed by atoms with Crippen LogP contribution >= 0.6 is 0 Å². The number of anilines is 1. The summed E-state index contributed by atoms with van der Waals surface area (Å²) >= 11 is 0. The van der Waals surface area contributed by atoms with Gasteiger partial charge in [-0.3, -0.25) is 19.5 Å². The van der Waals surface area contributed by atoms with Gasteiger partial charge in [0.05, 0.1) is 11.7 Å². The molecule has 2 amide bonds. The molecule has 3 rings (SSSR count). The largest absolute Gasteiger partial charge is 0.491 e. The molecule has 0 unspecified atom stereocenters. The van der Waals surface area contributed by atoms with Crippen molar-refractivity contribution in [1.82, 2.24) is 14.8 Å². The fourth-order valence-corrected chi connectivity index (χ4v) is 4.20. The second-order valence-electron chi connectivity index (χ2n) is 9.08. The van der Waals surface area contributed by atoms with E-state index in [0.717, 1.165) is 18.7 Å². The summed E-state index contributed by atoms with van der Waals surface area (Å²) in [5, 5.41) is 2.76. The van der Waals surface area contributed by atoms with Gasteiger partial charge in [-0.15, -0.1) is 0 Å². The Morgan fingerprint density at radius 1 is 1.23 bits per heavy atom. The van der Waals surface area contributed by atoms with Crippen LogP contribution in [0.2, 0.25) is 0 Å². The number of methoxy groups -OCH3 is 2. The SMILES string of the molecule is COCC(=O)Nc1ccc2c(c1)C(=O)N(C)C[C@H](OC)[C@H](C)CN(Cc1cccnc1)[C@@H](C)CO2. The molecule has 0 spiro atoms. The molecule has 1 aliphatic rings. The zero-order chi connectivity index (χ0) is 25.4. The summed E-state index contributed by atoms with van der Waals surface area (Å²) in [7, 11) is 4.89. The number of fused-ring (bicyclic) bond motifs is 1. The first-order valence-corrected chi connectivity index (χ1v) is 11.8. The third-order valence-corrected chi connectivity index (χ3v) is 6.24. The molecule has 1 N–H and O–H groups in total. The highest BCUT2D eigenvalue weighted by Crippen LogP contribution is 2.26. The predicted molar refractivity (Wildman–Crippen MR) is 133 cm³/mol. The van der Waals surface area contributed by atoms with E-state index < -0.39 is 0 Å². The van der Waals surface area contributed by atoms with Crippen LogP contribution in [-0.2, 0) is 20.8 Å². The molecule has 3 atom stereocenters. The van der Waals surface area contributed by atoms with E-state index in [4.69, 9.17) is 14.2 Å². The van der Waals surface area contributed by atoms with Crippen molar-refractivity contribution in [2.45, 2.75) is 32.5 Å². The number of carbonyl (C=O) groups is 2. The molecular weight excluding hydrogens is 448 g/mol. The van der Waals surface area contributed by atoms with Crippen molar-refractivity contribution in [1.29, 1.82) is 0 Å². The summed E-state index contributed by atoms with van der Waals surface area (Å²) in [6, 6.07) is 9.17. The van der Waals surface area contributed by atoms with Crippen molar-refractivity contribution in [3.05, 3.63) is 53.9 Å². The summed E-state index contributed by atoms with van der Waals surface area (Å²) in [6.45, 7) is 6.50. The minimum Gasteiger partial charge on any atom is -0.491 e. The minimum atomic E-state index is -0.296. The molecule has 0 bridgehead atoms. The van der Waals surface area contributed by atoms with Crippen molar-refractivity contribution in [3.63, 3.8) is 0 Å². The number of pyridine rings is 1. The minimum absolute atomic E-state index is 0.0661. The molecule has 2 aromatic rings. The monoisotopic (exact) mass is 484 g/mol. The second-order valence-corrected chi connectivity index (χ2v) is 9.08. The molecule has 0 saturated heterocycles. The van der Waals surface area contributed by atoms with Gasteiger partial charge in [0, 0.05) is 65.0 Å². The average Bonchev–Trinajstić information content (AvgIpc) is 2.85. The summed E-state index contributed by atoms with van der Waals surface area (Å²) in [6.07, 6.45) is 3.50.